The summed E-state index contributed by atoms with van der Waals surface area (Å²) < 4.78 is 25.1. The first-order valence-electron chi connectivity index (χ1n) is 6.96. The van der Waals surface area contributed by atoms with Crippen LogP contribution >= 0.6 is 23.2 Å². The number of rotatable bonds is 5. The molecule has 0 spiro atoms. The number of benzene rings is 2. The van der Waals surface area contributed by atoms with Crippen LogP contribution in [0.2, 0.25) is 10.0 Å². The Bertz CT molecular complexity index is 869. The number of carbonyl (C=O) groups excluding carboxylic acids is 1. The molecular formula is C16H16Cl2N2O3S. The molecule has 0 aliphatic carbocycles. The molecule has 0 saturated carbocycles. The number of anilines is 2. The van der Waals surface area contributed by atoms with Gasteiger partial charge in [0.05, 0.1) is 22.0 Å². The van der Waals surface area contributed by atoms with Gasteiger partial charge in [-0.1, -0.05) is 35.3 Å². The molecule has 0 bridgehead atoms. The van der Waals surface area contributed by atoms with Crippen molar-refractivity contribution in [2.75, 3.05) is 22.4 Å². The van der Waals surface area contributed by atoms with Crippen LogP contribution in [0.4, 0.5) is 11.4 Å². The fourth-order valence-corrected chi connectivity index (χ4v) is 3.23. The number of sulfonamides is 1. The Labute approximate surface area is 151 Å². The minimum absolute atomic E-state index is 0.299. The van der Waals surface area contributed by atoms with Gasteiger partial charge in [-0.3, -0.25) is 9.10 Å². The molecule has 2 rings (SSSR count). The summed E-state index contributed by atoms with van der Waals surface area (Å²) in [5.41, 5.74) is 1.76. The van der Waals surface area contributed by atoms with E-state index < -0.39 is 15.9 Å². The van der Waals surface area contributed by atoms with Crippen molar-refractivity contribution in [2.45, 2.75) is 6.92 Å². The molecule has 8 heteroatoms. The van der Waals surface area contributed by atoms with Crippen molar-refractivity contribution in [1.29, 1.82) is 0 Å². The predicted octanol–water partition coefficient (Wildman–Crippen LogP) is 3.71. The number of hydrogen-bond donors (Lipinski definition) is 1. The topological polar surface area (TPSA) is 66.5 Å². The van der Waals surface area contributed by atoms with Gasteiger partial charge in [0.1, 0.15) is 6.54 Å². The Hall–Kier alpha value is -1.76. The second-order valence-electron chi connectivity index (χ2n) is 5.29. The van der Waals surface area contributed by atoms with Gasteiger partial charge in [-0.25, -0.2) is 8.42 Å². The van der Waals surface area contributed by atoms with Crippen LogP contribution in [0, 0.1) is 6.92 Å². The SMILES string of the molecule is Cc1cccc(N(CC(=O)Nc2ccc(Cl)c(Cl)c2)S(C)(=O)=O)c1. The summed E-state index contributed by atoms with van der Waals surface area (Å²) in [4.78, 5) is 12.2. The molecule has 1 amide bonds. The Morgan fingerprint density at radius 2 is 1.83 bits per heavy atom. The standard InChI is InChI=1S/C16H16Cl2N2O3S/c1-11-4-3-5-13(8-11)20(24(2,22)23)10-16(21)19-12-6-7-14(17)15(18)9-12/h3-9H,10H2,1-2H3,(H,19,21). The molecule has 0 atom stereocenters. The van der Waals surface area contributed by atoms with Crippen molar-refractivity contribution in [3.05, 3.63) is 58.1 Å². The third kappa shape index (κ3) is 4.87. The zero-order valence-corrected chi connectivity index (χ0v) is 15.4. The number of hydrogen-bond acceptors (Lipinski definition) is 3. The van der Waals surface area contributed by atoms with E-state index in [0.29, 0.717) is 21.4 Å². The maximum atomic E-state index is 12.2. The first-order valence-corrected chi connectivity index (χ1v) is 9.56. The molecule has 0 radical (unpaired) electrons. The van der Waals surface area contributed by atoms with E-state index in [1.165, 1.54) is 6.07 Å². The quantitative estimate of drug-likeness (QED) is 0.851. The molecule has 24 heavy (non-hydrogen) atoms. The van der Waals surface area contributed by atoms with E-state index in [1.807, 2.05) is 13.0 Å². The van der Waals surface area contributed by atoms with Crippen molar-refractivity contribution < 1.29 is 13.2 Å². The number of amides is 1. The smallest absolute Gasteiger partial charge is 0.245 e. The van der Waals surface area contributed by atoms with E-state index in [4.69, 9.17) is 23.2 Å². The van der Waals surface area contributed by atoms with Gasteiger partial charge in [0.15, 0.2) is 0 Å². The van der Waals surface area contributed by atoms with Crippen LogP contribution < -0.4 is 9.62 Å². The van der Waals surface area contributed by atoms with Gasteiger partial charge in [0, 0.05) is 5.69 Å². The lowest BCUT2D eigenvalue weighted by molar-refractivity contribution is -0.114. The predicted molar refractivity (Wildman–Crippen MR) is 98.5 cm³/mol. The minimum Gasteiger partial charge on any atom is -0.324 e. The molecule has 0 unspecified atom stereocenters. The van der Waals surface area contributed by atoms with Crippen LogP contribution in [-0.2, 0) is 14.8 Å². The van der Waals surface area contributed by atoms with Crippen molar-refractivity contribution in [3.8, 4) is 0 Å². The van der Waals surface area contributed by atoms with Crippen LogP contribution in [0.3, 0.4) is 0 Å². The summed E-state index contributed by atoms with van der Waals surface area (Å²) in [5.74, 6) is -0.486. The molecule has 0 fully saturated rings. The summed E-state index contributed by atoms with van der Waals surface area (Å²) >= 11 is 11.7. The average molecular weight is 387 g/mol. The number of nitrogens with one attached hydrogen (secondary N) is 1. The normalized spacial score (nSPS) is 11.2. The minimum atomic E-state index is -3.61. The zero-order chi connectivity index (χ0) is 17.9. The fourth-order valence-electron chi connectivity index (χ4n) is 2.09. The monoisotopic (exact) mass is 386 g/mol. The molecule has 128 valence electrons. The second kappa shape index (κ2) is 7.42. The highest BCUT2D eigenvalue weighted by atomic mass is 35.5. The largest absolute Gasteiger partial charge is 0.324 e. The van der Waals surface area contributed by atoms with Crippen LogP contribution in [0.15, 0.2) is 42.5 Å². The molecule has 2 aromatic carbocycles. The van der Waals surface area contributed by atoms with E-state index in [-0.39, 0.29) is 6.54 Å². The summed E-state index contributed by atoms with van der Waals surface area (Å²) in [6.45, 7) is 1.50. The lowest BCUT2D eigenvalue weighted by atomic mass is 10.2. The second-order valence-corrected chi connectivity index (χ2v) is 8.01. The summed E-state index contributed by atoms with van der Waals surface area (Å²) in [7, 11) is -3.61. The van der Waals surface area contributed by atoms with Gasteiger partial charge in [-0.15, -0.1) is 0 Å². The Balaban J connectivity index is 2.20. The first-order chi connectivity index (χ1) is 11.2. The third-order valence-corrected chi connectivity index (χ3v) is 5.06. The maximum absolute atomic E-state index is 12.2. The molecular weight excluding hydrogens is 371 g/mol. The molecule has 5 nitrogen and oxygen atoms in total. The van der Waals surface area contributed by atoms with Gasteiger partial charge >= 0.3 is 0 Å². The lowest BCUT2D eigenvalue weighted by Crippen LogP contribution is -2.37. The average Bonchev–Trinajstić information content (AvgIpc) is 2.47. The highest BCUT2D eigenvalue weighted by molar-refractivity contribution is 7.92. The van der Waals surface area contributed by atoms with E-state index in [0.717, 1.165) is 16.1 Å². The highest BCUT2D eigenvalue weighted by Crippen LogP contribution is 2.25. The highest BCUT2D eigenvalue weighted by Gasteiger charge is 2.21. The van der Waals surface area contributed by atoms with Crippen LogP contribution in [-0.4, -0.2) is 27.1 Å². The van der Waals surface area contributed by atoms with Crippen LogP contribution in [0.25, 0.3) is 0 Å². The first kappa shape index (κ1) is 18.6. The molecule has 2 aromatic rings. The summed E-state index contributed by atoms with van der Waals surface area (Å²) in [6, 6.07) is 11.6. The maximum Gasteiger partial charge on any atom is 0.245 e. The molecule has 0 aliphatic rings. The number of aryl methyl sites for hydroxylation is 1. The Kier molecular flexibility index (Phi) is 5.74. The van der Waals surface area contributed by atoms with E-state index in [2.05, 4.69) is 5.32 Å². The van der Waals surface area contributed by atoms with Gasteiger partial charge in [0.25, 0.3) is 0 Å². The van der Waals surface area contributed by atoms with E-state index >= 15 is 0 Å². The van der Waals surface area contributed by atoms with Crippen molar-refractivity contribution >= 4 is 50.5 Å². The number of carbonyl (C=O) groups is 1. The molecule has 0 heterocycles. The summed E-state index contributed by atoms with van der Waals surface area (Å²) in [5, 5.41) is 3.28. The van der Waals surface area contributed by atoms with Crippen LogP contribution in [0.5, 0.6) is 0 Å². The summed E-state index contributed by atoms with van der Waals surface area (Å²) in [6.07, 6.45) is 1.06. The van der Waals surface area contributed by atoms with Crippen molar-refractivity contribution in [1.82, 2.24) is 0 Å². The van der Waals surface area contributed by atoms with Crippen molar-refractivity contribution in [3.63, 3.8) is 0 Å². The van der Waals surface area contributed by atoms with Gasteiger partial charge in [-0.05, 0) is 42.8 Å². The molecule has 0 aromatic heterocycles. The molecule has 0 saturated heterocycles. The zero-order valence-electron chi connectivity index (χ0n) is 13.1. The number of halogens is 2. The Morgan fingerprint density at radius 3 is 2.42 bits per heavy atom. The van der Waals surface area contributed by atoms with E-state index in [1.54, 1.807) is 30.3 Å². The third-order valence-electron chi connectivity index (χ3n) is 3.18. The van der Waals surface area contributed by atoms with Gasteiger partial charge in [-0.2, -0.15) is 0 Å². The number of nitrogens with zero attached hydrogens (tertiary/aromatic N) is 1. The van der Waals surface area contributed by atoms with Crippen molar-refractivity contribution in [2.24, 2.45) is 0 Å². The molecule has 1 N–H and O–H groups in total. The van der Waals surface area contributed by atoms with Gasteiger partial charge in [0.2, 0.25) is 15.9 Å². The Morgan fingerprint density at radius 1 is 1.12 bits per heavy atom. The fraction of sp³-hybridized carbons (Fsp3) is 0.188. The molecule has 0 aliphatic heterocycles. The van der Waals surface area contributed by atoms with E-state index in [9.17, 15) is 13.2 Å². The van der Waals surface area contributed by atoms with Gasteiger partial charge < -0.3 is 5.32 Å². The van der Waals surface area contributed by atoms with Crippen LogP contribution in [0.1, 0.15) is 5.56 Å². The lowest BCUT2D eigenvalue weighted by Gasteiger charge is -2.22.